The maximum Gasteiger partial charge on any atom is 0.174 e. The van der Waals surface area contributed by atoms with Crippen LogP contribution in [-0.4, -0.2) is 58.7 Å². The van der Waals surface area contributed by atoms with E-state index in [0.29, 0.717) is 17.0 Å². The van der Waals surface area contributed by atoms with Crippen LogP contribution in [0.1, 0.15) is 12.1 Å². The van der Waals surface area contributed by atoms with Crippen molar-refractivity contribution in [2.75, 3.05) is 26.6 Å². The lowest BCUT2D eigenvalue weighted by molar-refractivity contribution is -0.0602. The predicted octanol–water partition coefficient (Wildman–Crippen LogP) is 0.614. The molecule has 0 aliphatic carbocycles. The van der Waals surface area contributed by atoms with Crippen molar-refractivity contribution in [3.8, 4) is 0 Å². The molecule has 0 saturated carbocycles. The first-order valence-electron chi connectivity index (χ1n) is 6.84. The molecule has 0 aromatic carbocycles. The molecule has 0 spiro atoms. The van der Waals surface area contributed by atoms with E-state index in [-0.39, 0.29) is 12.4 Å². The van der Waals surface area contributed by atoms with Gasteiger partial charge in [-0.15, -0.1) is 0 Å². The van der Waals surface area contributed by atoms with Gasteiger partial charge in [-0.3, -0.25) is 4.57 Å². The van der Waals surface area contributed by atoms with E-state index in [9.17, 15) is 4.39 Å². The molecule has 0 amide bonds. The molecule has 9 heteroatoms. The Balaban J connectivity index is 2.01. The first kappa shape index (κ1) is 15.1. The predicted molar refractivity (Wildman–Crippen MR) is 76.0 cm³/mol. The number of hydrogen-bond donors (Lipinski definition) is 1. The molecule has 1 saturated heterocycles. The van der Waals surface area contributed by atoms with Crippen LogP contribution < -0.4 is 5.73 Å². The zero-order valence-electron chi connectivity index (χ0n) is 12.6. The van der Waals surface area contributed by atoms with Crippen LogP contribution in [0.4, 0.5) is 10.2 Å². The molecular formula is C13H18FN5O3. The number of aromatic nitrogens is 4. The van der Waals surface area contributed by atoms with Gasteiger partial charge in [-0.1, -0.05) is 0 Å². The minimum atomic E-state index is -1.38. The van der Waals surface area contributed by atoms with Crippen molar-refractivity contribution >= 4 is 17.0 Å². The quantitative estimate of drug-likeness (QED) is 0.883. The Kier molecular flexibility index (Phi) is 3.94. The second-order valence-electron chi connectivity index (χ2n) is 5.15. The summed E-state index contributed by atoms with van der Waals surface area (Å²) in [6.45, 7) is 1.94. The summed E-state index contributed by atoms with van der Waals surface area (Å²) in [5.41, 5.74) is 6.68. The number of nitrogens with two attached hydrogens (primary N) is 1. The Bertz CT molecular complexity index is 679. The molecule has 120 valence electrons. The van der Waals surface area contributed by atoms with Gasteiger partial charge >= 0.3 is 0 Å². The van der Waals surface area contributed by atoms with E-state index >= 15 is 0 Å². The number of rotatable bonds is 4. The first-order chi connectivity index (χ1) is 10.6. The van der Waals surface area contributed by atoms with Gasteiger partial charge in [0.15, 0.2) is 23.9 Å². The molecular weight excluding hydrogens is 293 g/mol. The van der Waals surface area contributed by atoms with Crippen molar-refractivity contribution in [3.05, 3.63) is 12.2 Å². The molecule has 1 fully saturated rings. The highest BCUT2D eigenvalue weighted by Gasteiger charge is 2.47. The van der Waals surface area contributed by atoms with Gasteiger partial charge in [0.25, 0.3) is 0 Å². The van der Waals surface area contributed by atoms with Gasteiger partial charge in [0.1, 0.15) is 23.5 Å². The SMILES string of the molecule is COCC1O[C@@H](n2cnc3c(N)nc(C)nc32)C(F)[C@@H]1OC. The average Bonchev–Trinajstić information content (AvgIpc) is 3.01. The molecule has 2 aromatic rings. The number of aryl methyl sites for hydroxylation is 1. The number of anilines is 1. The highest BCUT2D eigenvalue weighted by molar-refractivity contribution is 5.81. The van der Waals surface area contributed by atoms with Crippen LogP contribution >= 0.6 is 0 Å². The van der Waals surface area contributed by atoms with Crippen LogP contribution in [0.5, 0.6) is 0 Å². The van der Waals surface area contributed by atoms with Crippen molar-refractivity contribution in [3.63, 3.8) is 0 Å². The lowest BCUT2D eigenvalue weighted by Crippen LogP contribution is -2.33. The smallest absolute Gasteiger partial charge is 0.174 e. The third-order valence-corrected chi connectivity index (χ3v) is 3.70. The highest BCUT2D eigenvalue weighted by Crippen LogP contribution is 2.35. The number of methoxy groups -OCH3 is 2. The molecule has 2 unspecified atom stereocenters. The fraction of sp³-hybridized carbons (Fsp3) is 0.615. The Hall–Kier alpha value is -1.84. The van der Waals surface area contributed by atoms with Crippen molar-refractivity contribution in [2.24, 2.45) is 0 Å². The zero-order chi connectivity index (χ0) is 15.9. The molecule has 2 N–H and O–H groups in total. The normalized spacial score (nSPS) is 28.5. The van der Waals surface area contributed by atoms with Crippen molar-refractivity contribution in [2.45, 2.75) is 31.5 Å². The number of nitrogen functional groups attached to an aromatic ring is 1. The minimum absolute atomic E-state index is 0.234. The number of imidazole rings is 1. The number of ether oxygens (including phenoxy) is 3. The Morgan fingerprint density at radius 2 is 2.18 bits per heavy atom. The summed E-state index contributed by atoms with van der Waals surface area (Å²) in [5, 5.41) is 0. The van der Waals surface area contributed by atoms with Gasteiger partial charge < -0.3 is 19.9 Å². The van der Waals surface area contributed by atoms with Gasteiger partial charge in [-0.05, 0) is 6.92 Å². The van der Waals surface area contributed by atoms with Crippen molar-refractivity contribution < 1.29 is 18.6 Å². The van der Waals surface area contributed by atoms with E-state index < -0.39 is 24.6 Å². The lowest BCUT2D eigenvalue weighted by atomic mass is 10.1. The second kappa shape index (κ2) is 5.75. The third-order valence-electron chi connectivity index (χ3n) is 3.70. The second-order valence-corrected chi connectivity index (χ2v) is 5.15. The van der Waals surface area contributed by atoms with E-state index in [0.717, 1.165) is 0 Å². The van der Waals surface area contributed by atoms with Crippen LogP contribution in [-0.2, 0) is 14.2 Å². The molecule has 22 heavy (non-hydrogen) atoms. The van der Waals surface area contributed by atoms with Crippen LogP contribution in [0.25, 0.3) is 11.2 Å². The van der Waals surface area contributed by atoms with Crippen LogP contribution in [0.3, 0.4) is 0 Å². The molecule has 0 radical (unpaired) electrons. The lowest BCUT2D eigenvalue weighted by Gasteiger charge is -2.16. The van der Waals surface area contributed by atoms with E-state index in [1.165, 1.54) is 25.1 Å². The number of hydrogen-bond acceptors (Lipinski definition) is 7. The number of alkyl halides is 1. The Morgan fingerprint density at radius 3 is 2.86 bits per heavy atom. The van der Waals surface area contributed by atoms with Gasteiger partial charge in [0.2, 0.25) is 0 Å². The topological polar surface area (TPSA) is 97.3 Å². The van der Waals surface area contributed by atoms with E-state index in [1.807, 2.05) is 0 Å². The van der Waals surface area contributed by atoms with Gasteiger partial charge in [-0.2, -0.15) is 0 Å². The summed E-state index contributed by atoms with van der Waals surface area (Å²) in [7, 11) is 2.97. The van der Waals surface area contributed by atoms with Gasteiger partial charge in [0.05, 0.1) is 12.9 Å². The highest BCUT2D eigenvalue weighted by atomic mass is 19.1. The van der Waals surface area contributed by atoms with Crippen LogP contribution in [0, 0.1) is 6.92 Å². The maximum atomic E-state index is 14.7. The van der Waals surface area contributed by atoms with Crippen LogP contribution in [0.15, 0.2) is 6.33 Å². The Morgan fingerprint density at radius 1 is 1.41 bits per heavy atom. The molecule has 0 bridgehead atoms. The standard InChI is InChI=1S/C13H18FN5O3/c1-6-17-11(15)9-12(18-6)19(5-16-9)13-8(14)10(21-3)7(22-13)4-20-2/h5,7-8,10,13H,4H2,1-3H3,(H2,15,17,18)/t7?,8?,10-,13-/m1/s1. The zero-order valence-corrected chi connectivity index (χ0v) is 12.6. The summed E-state index contributed by atoms with van der Waals surface area (Å²) in [6, 6.07) is 0. The summed E-state index contributed by atoms with van der Waals surface area (Å²) < 4.78 is 32.2. The third kappa shape index (κ3) is 2.31. The molecule has 3 rings (SSSR count). The molecule has 1 aliphatic heterocycles. The Labute approximate surface area is 126 Å². The molecule has 8 nitrogen and oxygen atoms in total. The molecule has 4 atom stereocenters. The van der Waals surface area contributed by atoms with Gasteiger partial charge in [0, 0.05) is 14.2 Å². The van der Waals surface area contributed by atoms with Gasteiger partial charge in [-0.25, -0.2) is 19.3 Å². The summed E-state index contributed by atoms with van der Waals surface area (Å²) in [6.07, 6.45) is -2.05. The summed E-state index contributed by atoms with van der Waals surface area (Å²) in [5.74, 6) is 0.739. The number of halogens is 1. The maximum absolute atomic E-state index is 14.7. The molecule has 3 heterocycles. The average molecular weight is 311 g/mol. The number of fused-ring (bicyclic) bond motifs is 1. The molecule has 2 aromatic heterocycles. The first-order valence-corrected chi connectivity index (χ1v) is 6.84. The van der Waals surface area contributed by atoms with E-state index in [1.54, 1.807) is 6.92 Å². The monoisotopic (exact) mass is 311 g/mol. The fourth-order valence-electron chi connectivity index (χ4n) is 2.74. The summed E-state index contributed by atoms with van der Waals surface area (Å²) >= 11 is 0. The largest absolute Gasteiger partial charge is 0.382 e. The van der Waals surface area contributed by atoms with Crippen molar-refractivity contribution in [1.82, 2.24) is 19.5 Å². The van der Waals surface area contributed by atoms with Crippen molar-refractivity contribution in [1.29, 1.82) is 0 Å². The van der Waals surface area contributed by atoms with Crippen LogP contribution in [0.2, 0.25) is 0 Å². The summed E-state index contributed by atoms with van der Waals surface area (Å²) in [4.78, 5) is 12.5. The van der Waals surface area contributed by atoms with E-state index in [4.69, 9.17) is 19.9 Å². The fourth-order valence-corrected chi connectivity index (χ4v) is 2.74. The number of nitrogens with zero attached hydrogens (tertiary/aromatic N) is 4. The minimum Gasteiger partial charge on any atom is -0.382 e. The molecule has 1 aliphatic rings. The van der Waals surface area contributed by atoms with E-state index in [2.05, 4.69) is 15.0 Å².